The van der Waals surface area contributed by atoms with Crippen LogP contribution in [0, 0.1) is 0 Å². The van der Waals surface area contributed by atoms with E-state index in [0.29, 0.717) is 57.8 Å². The van der Waals surface area contributed by atoms with Crippen molar-refractivity contribution >= 4 is 23.9 Å². The quantitative estimate of drug-likeness (QED) is 0.0737. The van der Waals surface area contributed by atoms with Crippen molar-refractivity contribution < 1.29 is 28.7 Å². The van der Waals surface area contributed by atoms with Gasteiger partial charge < -0.3 is 50.5 Å². The molecular formula is C48H62N10O6. The van der Waals surface area contributed by atoms with Crippen LogP contribution in [0.15, 0.2) is 104 Å². The number of carbonyl (C=O) groups is 4. The normalized spacial score (nSPS) is 14.8. The van der Waals surface area contributed by atoms with E-state index in [9.17, 15) is 19.2 Å². The Bertz CT molecular complexity index is 2140. The molecule has 5 aromatic rings. The molecule has 2 atom stereocenters. The van der Waals surface area contributed by atoms with Gasteiger partial charge >= 0.3 is 12.1 Å². The Kier molecular flexibility index (Phi) is 18.0. The van der Waals surface area contributed by atoms with Crippen molar-refractivity contribution in [3.8, 4) is 11.5 Å². The van der Waals surface area contributed by atoms with E-state index in [1.54, 1.807) is 39.3 Å². The number of H-pyrrole nitrogens is 2. The lowest BCUT2D eigenvalue weighted by Gasteiger charge is -2.34. The number of hydrogen-bond donors (Lipinski definition) is 6. The fourth-order valence-corrected chi connectivity index (χ4v) is 7.99. The lowest BCUT2D eigenvalue weighted by Crippen LogP contribution is -2.53. The Hall–Kier alpha value is -6.84. The number of nitrogens with zero attached hydrogens (tertiary/aromatic N) is 4. The smallest absolute Gasteiger partial charge is 0.315 e. The number of ether oxygens (including phenoxy) is 2. The number of amides is 6. The van der Waals surface area contributed by atoms with Crippen LogP contribution in [-0.4, -0.2) is 119 Å². The van der Waals surface area contributed by atoms with Gasteiger partial charge in [-0.25, -0.2) is 19.6 Å². The van der Waals surface area contributed by atoms with Crippen molar-refractivity contribution in [2.45, 2.75) is 75.8 Å². The van der Waals surface area contributed by atoms with Gasteiger partial charge in [0.15, 0.2) is 0 Å². The molecular weight excluding hydrogens is 813 g/mol. The van der Waals surface area contributed by atoms with E-state index in [1.807, 2.05) is 64.4 Å². The van der Waals surface area contributed by atoms with Crippen molar-refractivity contribution in [2.24, 2.45) is 0 Å². The average molecular weight is 875 g/mol. The van der Waals surface area contributed by atoms with Crippen LogP contribution in [0.2, 0.25) is 0 Å². The summed E-state index contributed by atoms with van der Waals surface area (Å²) in [6.45, 7) is 3.77. The van der Waals surface area contributed by atoms with Gasteiger partial charge in [0, 0.05) is 88.7 Å². The first-order chi connectivity index (χ1) is 31.3. The first kappa shape index (κ1) is 46.7. The zero-order chi connectivity index (χ0) is 44.9. The third kappa shape index (κ3) is 14.6. The first-order valence-electron chi connectivity index (χ1n) is 22.2. The lowest BCUT2D eigenvalue weighted by molar-refractivity contribution is -0.134. The molecule has 0 radical (unpaired) electrons. The molecule has 2 saturated heterocycles. The molecule has 7 rings (SSSR count). The van der Waals surface area contributed by atoms with Gasteiger partial charge in [0.1, 0.15) is 23.6 Å². The minimum atomic E-state index is -0.649. The number of piperidine rings is 2. The zero-order valence-corrected chi connectivity index (χ0v) is 36.9. The molecule has 340 valence electrons. The van der Waals surface area contributed by atoms with Crippen LogP contribution < -0.4 is 30.7 Å². The van der Waals surface area contributed by atoms with Gasteiger partial charge in [-0.2, -0.15) is 0 Å². The van der Waals surface area contributed by atoms with Crippen molar-refractivity contribution in [1.82, 2.24) is 51.0 Å². The van der Waals surface area contributed by atoms with Crippen LogP contribution in [-0.2, 0) is 35.3 Å². The van der Waals surface area contributed by atoms with Crippen molar-refractivity contribution in [3.63, 3.8) is 0 Å². The number of urea groups is 2. The van der Waals surface area contributed by atoms with Gasteiger partial charge in [-0.05, 0) is 79.0 Å². The third-order valence-electron chi connectivity index (χ3n) is 11.6. The Morgan fingerprint density at radius 1 is 0.625 bits per heavy atom. The van der Waals surface area contributed by atoms with Gasteiger partial charge in [-0.3, -0.25) is 9.59 Å². The third-order valence-corrected chi connectivity index (χ3v) is 11.6. The van der Waals surface area contributed by atoms with E-state index in [0.717, 1.165) is 79.2 Å². The molecule has 16 heteroatoms. The highest BCUT2D eigenvalue weighted by molar-refractivity contribution is 5.88. The highest BCUT2D eigenvalue weighted by atomic mass is 16.5. The average Bonchev–Trinajstić information content (AvgIpc) is 4.07. The summed E-state index contributed by atoms with van der Waals surface area (Å²) in [5, 5.41) is 11.5. The largest absolute Gasteiger partial charge is 0.497 e. The summed E-state index contributed by atoms with van der Waals surface area (Å²) >= 11 is 0. The van der Waals surface area contributed by atoms with Crippen LogP contribution in [0.3, 0.4) is 0 Å². The number of methoxy groups -OCH3 is 2. The number of hydrogen-bond acceptors (Lipinski definition) is 8. The van der Waals surface area contributed by atoms with Crippen LogP contribution in [0.5, 0.6) is 11.5 Å². The maximum atomic E-state index is 13.5. The summed E-state index contributed by atoms with van der Waals surface area (Å²) in [7, 11) is 3.24. The second kappa shape index (κ2) is 24.7. The summed E-state index contributed by atoms with van der Waals surface area (Å²) in [6.07, 6.45) is 13.8. The fourth-order valence-electron chi connectivity index (χ4n) is 7.99. The van der Waals surface area contributed by atoms with Gasteiger partial charge in [0.2, 0.25) is 11.8 Å². The molecule has 2 aliphatic heterocycles. The van der Waals surface area contributed by atoms with Crippen molar-refractivity contribution in [1.29, 1.82) is 0 Å². The molecule has 0 aliphatic carbocycles. The second-order valence-electron chi connectivity index (χ2n) is 16.1. The summed E-state index contributed by atoms with van der Waals surface area (Å²) in [5.74, 6) is 1.90. The standard InChI is InChI=1S/C27H33N5O3.C21H29N5O3/c1-35-24-9-7-20(8-10-24)17-25(31-27(34)29-14-11-23-18-28-19-30-23)26(33)32-15-12-22(13-16-32)21-5-3-2-4-6-21;1-29-18-7-5-16(6-8-18)13-19(20(27)26-11-3-2-4-12-26)25-21(28)23-10-9-17-14-22-15-24-17/h2-10,18-19,22,25H,11-17H2,1H3,(H,28,30)(H2,29,31,34);5-8,14-15,19H,2-4,9-13H2,1H3,(H,22,24)(H2,23,25,28). The van der Waals surface area contributed by atoms with E-state index in [1.165, 1.54) is 5.56 Å². The van der Waals surface area contributed by atoms with Crippen molar-refractivity contribution in [3.05, 3.63) is 132 Å². The summed E-state index contributed by atoms with van der Waals surface area (Å²) in [6, 6.07) is 23.7. The van der Waals surface area contributed by atoms with Gasteiger partial charge in [-0.15, -0.1) is 0 Å². The van der Waals surface area contributed by atoms with Crippen LogP contribution in [0.1, 0.15) is 66.1 Å². The second-order valence-corrected chi connectivity index (χ2v) is 16.1. The Labute approximate surface area is 375 Å². The Morgan fingerprint density at radius 3 is 1.50 bits per heavy atom. The summed E-state index contributed by atoms with van der Waals surface area (Å²) < 4.78 is 10.4. The van der Waals surface area contributed by atoms with E-state index in [2.05, 4.69) is 65.5 Å². The number of likely N-dealkylation sites (tertiary alicyclic amines) is 2. The zero-order valence-electron chi connectivity index (χ0n) is 36.9. The predicted octanol–water partition coefficient (Wildman–Crippen LogP) is 5.16. The van der Waals surface area contributed by atoms with E-state index < -0.39 is 12.1 Å². The Morgan fingerprint density at radius 2 is 1.08 bits per heavy atom. The topological polar surface area (TPSA) is 199 Å². The van der Waals surface area contributed by atoms with Gasteiger partial charge in [0.05, 0.1) is 26.9 Å². The number of aromatic amines is 2. The van der Waals surface area contributed by atoms with E-state index in [4.69, 9.17) is 9.47 Å². The molecule has 2 aromatic heterocycles. The molecule has 4 heterocycles. The monoisotopic (exact) mass is 874 g/mol. The molecule has 0 bridgehead atoms. The minimum Gasteiger partial charge on any atom is -0.497 e. The number of rotatable bonds is 17. The minimum absolute atomic E-state index is 0.0239. The van der Waals surface area contributed by atoms with E-state index in [-0.39, 0.29) is 23.9 Å². The molecule has 2 unspecified atom stereocenters. The van der Waals surface area contributed by atoms with Crippen LogP contribution in [0.4, 0.5) is 9.59 Å². The number of carbonyl (C=O) groups excluding carboxylic acids is 4. The maximum Gasteiger partial charge on any atom is 0.315 e. The molecule has 3 aromatic carbocycles. The Balaban J connectivity index is 0.000000216. The van der Waals surface area contributed by atoms with E-state index >= 15 is 0 Å². The molecule has 0 saturated carbocycles. The SMILES string of the molecule is COc1ccc(CC(NC(=O)NCCc2cnc[nH]2)C(=O)N2CCC(c3ccccc3)CC2)cc1.COc1ccc(CC(NC(=O)NCCc2cnc[nH]2)C(=O)N2CCCCC2)cc1. The fraction of sp³-hybridized carbons (Fsp3) is 0.417. The number of imidazole rings is 2. The molecule has 2 aliphatic rings. The number of benzene rings is 3. The van der Waals surface area contributed by atoms with Crippen LogP contribution >= 0.6 is 0 Å². The number of aromatic nitrogens is 4. The molecule has 6 N–H and O–H groups in total. The lowest BCUT2D eigenvalue weighted by atomic mass is 9.89. The molecule has 16 nitrogen and oxygen atoms in total. The van der Waals surface area contributed by atoms with Crippen molar-refractivity contribution in [2.75, 3.05) is 53.5 Å². The highest BCUT2D eigenvalue weighted by Gasteiger charge is 2.31. The first-order valence-corrected chi connectivity index (χ1v) is 22.2. The highest BCUT2D eigenvalue weighted by Crippen LogP contribution is 2.28. The molecule has 6 amide bonds. The number of nitrogens with one attached hydrogen (secondary N) is 6. The molecule has 0 spiro atoms. The summed E-state index contributed by atoms with van der Waals surface area (Å²) in [4.78, 5) is 69.4. The van der Waals surface area contributed by atoms with Gasteiger partial charge in [-0.1, -0.05) is 54.6 Å². The predicted molar refractivity (Wildman–Crippen MR) is 244 cm³/mol. The van der Waals surface area contributed by atoms with Crippen LogP contribution in [0.25, 0.3) is 0 Å². The van der Waals surface area contributed by atoms with Gasteiger partial charge in [0.25, 0.3) is 0 Å². The molecule has 64 heavy (non-hydrogen) atoms. The summed E-state index contributed by atoms with van der Waals surface area (Å²) in [5.41, 5.74) is 5.14. The maximum absolute atomic E-state index is 13.5. The molecule has 2 fully saturated rings.